The first-order valence-corrected chi connectivity index (χ1v) is 10.8. The maximum Gasteiger partial charge on any atom is 0.163 e. The molecule has 2 aliphatic rings. The van der Waals surface area contributed by atoms with Crippen LogP contribution in [0.3, 0.4) is 0 Å². The quantitative estimate of drug-likeness (QED) is 0.562. The van der Waals surface area contributed by atoms with Crippen LogP contribution in [-0.4, -0.2) is 20.0 Å². The first kappa shape index (κ1) is 20.2. The van der Waals surface area contributed by atoms with Gasteiger partial charge in [-0.15, -0.1) is 0 Å². The molecule has 5 rings (SSSR count). The molecule has 0 aromatic heterocycles. The number of anilines is 2. The Hall–Kier alpha value is -3.73. The van der Waals surface area contributed by atoms with Crippen molar-refractivity contribution < 1.29 is 14.3 Å². The van der Waals surface area contributed by atoms with Crippen molar-refractivity contribution >= 4 is 17.2 Å². The van der Waals surface area contributed by atoms with Gasteiger partial charge < -0.3 is 20.1 Å². The molecule has 2 N–H and O–H groups in total. The molecule has 162 valence electrons. The summed E-state index contributed by atoms with van der Waals surface area (Å²) in [6.45, 7) is 0. The topological polar surface area (TPSA) is 59.6 Å². The second kappa shape index (κ2) is 8.42. The zero-order chi connectivity index (χ0) is 22.1. The number of ether oxygens (including phenoxy) is 2. The van der Waals surface area contributed by atoms with Crippen molar-refractivity contribution in [2.75, 3.05) is 24.9 Å². The normalized spacial score (nSPS) is 19.8. The van der Waals surface area contributed by atoms with Crippen LogP contribution in [-0.2, 0) is 4.79 Å². The van der Waals surface area contributed by atoms with E-state index < -0.39 is 0 Å². The molecule has 2 atom stereocenters. The minimum absolute atomic E-state index is 0.159. The minimum atomic E-state index is -0.287. The lowest BCUT2D eigenvalue weighted by molar-refractivity contribution is -0.116. The fourth-order valence-electron chi connectivity index (χ4n) is 4.74. The average Bonchev–Trinajstić information content (AvgIpc) is 3.01. The van der Waals surface area contributed by atoms with Crippen LogP contribution >= 0.6 is 0 Å². The summed E-state index contributed by atoms with van der Waals surface area (Å²) in [5.74, 6) is 1.63. The highest BCUT2D eigenvalue weighted by atomic mass is 16.5. The maximum absolute atomic E-state index is 13.6. The molecule has 0 fully saturated rings. The van der Waals surface area contributed by atoms with Crippen molar-refractivity contribution in [1.82, 2.24) is 0 Å². The largest absolute Gasteiger partial charge is 0.493 e. The third-order valence-electron chi connectivity index (χ3n) is 6.32. The van der Waals surface area contributed by atoms with E-state index in [1.807, 2.05) is 60.7 Å². The van der Waals surface area contributed by atoms with Gasteiger partial charge in [0, 0.05) is 17.7 Å². The number of hydrogen-bond donors (Lipinski definition) is 2. The fraction of sp³-hybridized carbons (Fsp3) is 0.222. The number of nitrogens with one attached hydrogen (secondary N) is 2. The first-order valence-electron chi connectivity index (χ1n) is 10.8. The first-order chi connectivity index (χ1) is 15.7. The van der Waals surface area contributed by atoms with Crippen molar-refractivity contribution in [3.63, 3.8) is 0 Å². The smallest absolute Gasteiger partial charge is 0.163 e. The number of Topliss-reactive ketones (excluding diaryl/α,β-unsaturated/α-hetero) is 1. The molecular weight excluding hydrogens is 400 g/mol. The van der Waals surface area contributed by atoms with E-state index in [9.17, 15) is 4.79 Å². The number of rotatable bonds is 4. The molecule has 0 unspecified atom stereocenters. The molecule has 1 aliphatic carbocycles. The Bertz CT molecular complexity index is 1190. The summed E-state index contributed by atoms with van der Waals surface area (Å²) >= 11 is 0. The number of carbonyl (C=O) groups is 1. The summed E-state index contributed by atoms with van der Waals surface area (Å²) in [5.41, 5.74) is 5.87. The lowest BCUT2D eigenvalue weighted by atomic mass is 9.78. The van der Waals surface area contributed by atoms with Gasteiger partial charge in [0.1, 0.15) is 0 Å². The van der Waals surface area contributed by atoms with Crippen LogP contribution in [0.5, 0.6) is 11.5 Å². The summed E-state index contributed by atoms with van der Waals surface area (Å²) < 4.78 is 11.0. The Morgan fingerprint density at radius 2 is 1.50 bits per heavy atom. The highest BCUT2D eigenvalue weighted by Crippen LogP contribution is 2.45. The van der Waals surface area contributed by atoms with Gasteiger partial charge in [0.15, 0.2) is 17.3 Å². The van der Waals surface area contributed by atoms with Crippen LogP contribution < -0.4 is 20.1 Å². The van der Waals surface area contributed by atoms with E-state index in [1.54, 1.807) is 14.2 Å². The third kappa shape index (κ3) is 3.60. The minimum Gasteiger partial charge on any atom is -0.493 e. The Morgan fingerprint density at radius 1 is 0.781 bits per heavy atom. The third-order valence-corrected chi connectivity index (χ3v) is 6.32. The standard InChI is InChI=1S/C27H26N2O3/c1-31-24-13-12-18(16-25(24)32-2)27-26-22(28-20-10-6-7-11-21(20)29-27)14-19(15-23(26)30)17-8-4-3-5-9-17/h3-13,16,19,27-29H,14-15H2,1-2H3/t19-,27+/m1/s1. The number of methoxy groups -OCH3 is 2. The zero-order valence-electron chi connectivity index (χ0n) is 18.2. The molecule has 32 heavy (non-hydrogen) atoms. The van der Waals surface area contributed by atoms with Crippen LogP contribution in [0, 0.1) is 0 Å². The predicted molar refractivity (Wildman–Crippen MR) is 126 cm³/mol. The lowest BCUT2D eigenvalue weighted by Gasteiger charge is -2.30. The van der Waals surface area contributed by atoms with Crippen molar-refractivity contribution in [2.45, 2.75) is 24.8 Å². The molecule has 1 heterocycles. The summed E-state index contributed by atoms with van der Waals surface area (Å²) in [5, 5.41) is 7.19. The molecule has 3 aromatic carbocycles. The average molecular weight is 427 g/mol. The van der Waals surface area contributed by atoms with Crippen molar-refractivity contribution in [3.8, 4) is 11.5 Å². The molecule has 3 aromatic rings. The number of carbonyl (C=O) groups excluding carboxylic acids is 1. The van der Waals surface area contributed by atoms with Crippen LogP contribution in [0.2, 0.25) is 0 Å². The molecule has 0 radical (unpaired) electrons. The summed E-state index contributed by atoms with van der Waals surface area (Å²) in [6, 6.07) is 23.9. The number of allylic oxidation sites excluding steroid dienone is 1. The fourth-order valence-corrected chi connectivity index (χ4v) is 4.74. The number of para-hydroxylation sites is 2. The van der Waals surface area contributed by atoms with Gasteiger partial charge in [-0.1, -0.05) is 48.5 Å². The van der Waals surface area contributed by atoms with Crippen molar-refractivity contribution in [2.24, 2.45) is 0 Å². The highest BCUT2D eigenvalue weighted by Gasteiger charge is 2.36. The van der Waals surface area contributed by atoms with Crippen LogP contribution in [0.1, 0.15) is 35.9 Å². The van der Waals surface area contributed by atoms with E-state index in [1.165, 1.54) is 5.56 Å². The number of benzene rings is 3. The lowest BCUT2D eigenvalue weighted by Crippen LogP contribution is -2.26. The monoisotopic (exact) mass is 426 g/mol. The summed E-state index contributed by atoms with van der Waals surface area (Å²) in [7, 11) is 3.25. The van der Waals surface area contributed by atoms with Crippen molar-refractivity contribution in [1.29, 1.82) is 0 Å². The molecular formula is C27H26N2O3. The Kier molecular flexibility index (Phi) is 5.31. The molecule has 0 bridgehead atoms. The van der Waals surface area contributed by atoms with Gasteiger partial charge in [0.2, 0.25) is 0 Å². The van der Waals surface area contributed by atoms with Crippen LogP contribution in [0.15, 0.2) is 84.1 Å². The van der Waals surface area contributed by atoms with Crippen LogP contribution in [0.4, 0.5) is 11.4 Å². The maximum atomic E-state index is 13.6. The van der Waals surface area contributed by atoms with E-state index >= 15 is 0 Å². The molecule has 0 saturated heterocycles. The van der Waals surface area contributed by atoms with Gasteiger partial charge in [0.25, 0.3) is 0 Å². The number of hydrogen-bond acceptors (Lipinski definition) is 5. The molecule has 0 saturated carbocycles. The van der Waals surface area contributed by atoms with E-state index in [4.69, 9.17) is 9.47 Å². The van der Waals surface area contributed by atoms with Gasteiger partial charge in [-0.3, -0.25) is 4.79 Å². The van der Waals surface area contributed by atoms with Gasteiger partial charge in [-0.05, 0) is 47.7 Å². The predicted octanol–water partition coefficient (Wildman–Crippen LogP) is 5.68. The molecule has 5 heteroatoms. The zero-order valence-corrected chi connectivity index (χ0v) is 18.2. The van der Waals surface area contributed by atoms with Gasteiger partial charge in [0.05, 0.1) is 31.6 Å². The molecule has 0 amide bonds. The van der Waals surface area contributed by atoms with Gasteiger partial charge in [-0.2, -0.15) is 0 Å². The summed E-state index contributed by atoms with van der Waals surface area (Å²) in [4.78, 5) is 13.6. The van der Waals surface area contributed by atoms with E-state index in [2.05, 4.69) is 22.8 Å². The number of ketones is 1. The Morgan fingerprint density at radius 3 is 2.25 bits per heavy atom. The van der Waals surface area contributed by atoms with E-state index in [-0.39, 0.29) is 17.7 Å². The molecule has 0 spiro atoms. The Labute approximate surface area is 188 Å². The second-order valence-electron chi connectivity index (χ2n) is 8.19. The molecule has 5 nitrogen and oxygen atoms in total. The van der Waals surface area contributed by atoms with Crippen LogP contribution in [0.25, 0.3) is 0 Å². The molecule has 1 aliphatic heterocycles. The Balaban J connectivity index is 1.62. The van der Waals surface area contributed by atoms with E-state index in [0.717, 1.165) is 34.6 Å². The SMILES string of the molecule is COc1ccc([C@@H]2Nc3ccccc3NC3=C2C(=O)C[C@H](c2ccccc2)C3)cc1OC. The van der Waals surface area contributed by atoms with E-state index in [0.29, 0.717) is 17.9 Å². The second-order valence-corrected chi connectivity index (χ2v) is 8.19. The summed E-state index contributed by atoms with van der Waals surface area (Å²) in [6.07, 6.45) is 1.28. The van der Waals surface area contributed by atoms with Crippen molar-refractivity contribution in [3.05, 3.63) is 95.2 Å². The highest BCUT2D eigenvalue weighted by molar-refractivity contribution is 6.01. The van der Waals surface area contributed by atoms with Gasteiger partial charge in [-0.25, -0.2) is 0 Å². The number of fused-ring (bicyclic) bond motifs is 1. The van der Waals surface area contributed by atoms with Gasteiger partial charge >= 0.3 is 0 Å².